The van der Waals surface area contributed by atoms with Crippen LogP contribution in [0.1, 0.15) is 6.92 Å². The third kappa shape index (κ3) is 4.52. The summed E-state index contributed by atoms with van der Waals surface area (Å²) in [6.45, 7) is 1.27. The summed E-state index contributed by atoms with van der Waals surface area (Å²) in [5.41, 5.74) is 1.13. The van der Waals surface area contributed by atoms with E-state index in [-0.39, 0.29) is 5.75 Å². The minimum absolute atomic E-state index is 0.308. The van der Waals surface area contributed by atoms with Gasteiger partial charge >= 0.3 is 12.3 Å². The highest BCUT2D eigenvalue weighted by atomic mass is 19.4. The topological polar surface area (TPSA) is 35.5 Å². The lowest BCUT2D eigenvalue weighted by atomic mass is 10.1. The fourth-order valence-corrected chi connectivity index (χ4v) is 1.78. The fraction of sp³-hybridized carbons (Fsp3) is 0.133. The van der Waals surface area contributed by atoms with Crippen molar-refractivity contribution in [1.82, 2.24) is 0 Å². The van der Waals surface area contributed by atoms with Gasteiger partial charge in [0.25, 0.3) is 0 Å². The van der Waals surface area contributed by atoms with Gasteiger partial charge in [-0.2, -0.15) is 0 Å². The molecule has 0 aromatic heterocycles. The van der Waals surface area contributed by atoms with Crippen molar-refractivity contribution >= 4 is 5.97 Å². The first-order valence-electron chi connectivity index (χ1n) is 5.98. The molecule has 3 nitrogen and oxygen atoms in total. The van der Waals surface area contributed by atoms with Crippen LogP contribution in [0, 0.1) is 0 Å². The maximum Gasteiger partial charge on any atom is 0.573 e. The number of esters is 1. The average molecular weight is 296 g/mol. The van der Waals surface area contributed by atoms with Gasteiger partial charge in [-0.15, -0.1) is 13.2 Å². The molecule has 0 N–H and O–H groups in total. The van der Waals surface area contributed by atoms with Crippen molar-refractivity contribution in [1.29, 1.82) is 0 Å². The number of carbonyl (C=O) groups excluding carboxylic acids is 1. The number of rotatable bonds is 3. The van der Waals surface area contributed by atoms with E-state index in [1.165, 1.54) is 25.1 Å². The van der Waals surface area contributed by atoms with Crippen molar-refractivity contribution in [3.8, 4) is 22.6 Å². The van der Waals surface area contributed by atoms with Gasteiger partial charge in [0.15, 0.2) is 0 Å². The molecule has 0 radical (unpaired) electrons. The van der Waals surface area contributed by atoms with Crippen LogP contribution in [-0.4, -0.2) is 12.3 Å². The molecule has 6 heteroatoms. The summed E-state index contributed by atoms with van der Waals surface area (Å²) < 4.78 is 45.4. The van der Waals surface area contributed by atoms with Crippen molar-refractivity contribution in [3.05, 3.63) is 48.5 Å². The van der Waals surface area contributed by atoms with Gasteiger partial charge in [0.2, 0.25) is 0 Å². The first-order valence-corrected chi connectivity index (χ1v) is 5.98. The van der Waals surface area contributed by atoms with Crippen LogP contribution in [0.5, 0.6) is 11.5 Å². The quantitative estimate of drug-likeness (QED) is 0.629. The Bertz CT molecular complexity index is 651. The van der Waals surface area contributed by atoms with E-state index in [4.69, 9.17) is 4.74 Å². The molecular weight excluding hydrogens is 285 g/mol. The van der Waals surface area contributed by atoms with Gasteiger partial charge < -0.3 is 9.47 Å². The van der Waals surface area contributed by atoms with E-state index in [0.717, 1.165) is 0 Å². The molecule has 0 saturated carbocycles. The molecule has 0 aliphatic rings. The minimum Gasteiger partial charge on any atom is -0.427 e. The van der Waals surface area contributed by atoms with Crippen LogP contribution in [0.15, 0.2) is 48.5 Å². The van der Waals surface area contributed by atoms with Gasteiger partial charge in [-0.25, -0.2) is 0 Å². The summed E-state index contributed by atoms with van der Waals surface area (Å²) in [7, 11) is 0. The summed E-state index contributed by atoms with van der Waals surface area (Å²) in [6, 6.07) is 12.1. The van der Waals surface area contributed by atoms with Crippen LogP contribution in [0.3, 0.4) is 0 Å². The molecule has 0 saturated heterocycles. The van der Waals surface area contributed by atoms with E-state index < -0.39 is 12.3 Å². The van der Waals surface area contributed by atoms with Gasteiger partial charge in [-0.05, 0) is 35.4 Å². The Balaban J connectivity index is 2.29. The number of hydrogen-bond donors (Lipinski definition) is 0. The Labute approximate surface area is 118 Å². The minimum atomic E-state index is -4.74. The van der Waals surface area contributed by atoms with Crippen LogP contribution in [0.2, 0.25) is 0 Å². The monoisotopic (exact) mass is 296 g/mol. The summed E-state index contributed by atoms with van der Waals surface area (Å²) in [5.74, 6) is -0.457. The standard InChI is InChI=1S/C15H11F3O3/c1-10(19)20-13-6-2-4-11(8-13)12-5-3-7-14(9-12)21-15(16,17)18/h2-9H,1H3. The second kappa shape index (κ2) is 5.87. The maximum absolute atomic E-state index is 12.2. The first kappa shape index (κ1) is 14.9. The van der Waals surface area contributed by atoms with Crippen LogP contribution in [-0.2, 0) is 4.79 Å². The Morgan fingerprint density at radius 2 is 1.48 bits per heavy atom. The Hall–Kier alpha value is -2.50. The van der Waals surface area contributed by atoms with E-state index in [2.05, 4.69) is 4.74 Å². The van der Waals surface area contributed by atoms with Crippen LogP contribution >= 0.6 is 0 Å². The molecule has 0 amide bonds. The Kier molecular flexibility index (Phi) is 4.16. The molecule has 0 aliphatic heterocycles. The predicted octanol–water partition coefficient (Wildman–Crippen LogP) is 4.18. The van der Waals surface area contributed by atoms with E-state index >= 15 is 0 Å². The molecule has 110 valence electrons. The molecule has 0 aliphatic carbocycles. The van der Waals surface area contributed by atoms with Gasteiger partial charge in [-0.3, -0.25) is 4.79 Å². The molecule has 0 bridgehead atoms. The lowest BCUT2D eigenvalue weighted by Crippen LogP contribution is -2.17. The number of alkyl halides is 3. The predicted molar refractivity (Wildman–Crippen MR) is 69.9 cm³/mol. The van der Waals surface area contributed by atoms with Crippen LogP contribution < -0.4 is 9.47 Å². The molecule has 0 heterocycles. The van der Waals surface area contributed by atoms with Gasteiger partial charge in [0.1, 0.15) is 11.5 Å². The SMILES string of the molecule is CC(=O)Oc1cccc(-c2cccc(OC(F)(F)F)c2)c1. The van der Waals surface area contributed by atoms with E-state index in [9.17, 15) is 18.0 Å². The Morgan fingerprint density at radius 1 is 0.952 bits per heavy atom. The van der Waals surface area contributed by atoms with Crippen molar-refractivity contribution in [2.75, 3.05) is 0 Å². The third-order valence-electron chi connectivity index (χ3n) is 2.50. The largest absolute Gasteiger partial charge is 0.573 e. The first-order chi connectivity index (χ1) is 9.83. The number of benzene rings is 2. The van der Waals surface area contributed by atoms with Gasteiger partial charge in [0.05, 0.1) is 0 Å². The number of carbonyl (C=O) groups is 1. The highest BCUT2D eigenvalue weighted by Gasteiger charge is 2.31. The zero-order valence-electron chi connectivity index (χ0n) is 11.0. The van der Waals surface area contributed by atoms with Crippen LogP contribution in [0.25, 0.3) is 11.1 Å². The molecule has 21 heavy (non-hydrogen) atoms. The number of hydrogen-bond acceptors (Lipinski definition) is 3. The van der Waals surface area contributed by atoms with E-state index in [0.29, 0.717) is 16.9 Å². The highest BCUT2D eigenvalue weighted by Crippen LogP contribution is 2.29. The zero-order valence-corrected chi connectivity index (χ0v) is 11.0. The lowest BCUT2D eigenvalue weighted by molar-refractivity contribution is -0.274. The lowest BCUT2D eigenvalue weighted by Gasteiger charge is -2.10. The molecule has 0 unspecified atom stereocenters. The smallest absolute Gasteiger partial charge is 0.427 e. The van der Waals surface area contributed by atoms with Gasteiger partial charge in [0, 0.05) is 6.92 Å². The van der Waals surface area contributed by atoms with E-state index in [1.807, 2.05) is 0 Å². The maximum atomic E-state index is 12.2. The second-order valence-corrected chi connectivity index (χ2v) is 4.20. The Morgan fingerprint density at radius 3 is 2.00 bits per heavy atom. The fourth-order valence-electron chi connectivity index (χ4n) is 1.78. The van der Waals surface area contributed by atoms with Crippen LogP contribution in [0.4, 0.5) is 13.2 Å². The van der Waals surface area contributed by atoms with E-state index in [1.54, 1.807) is 30.3 Å². The molecule has 2 rings (SSSR count). The summed E-state index contributed by atoms with van der Waals surface area (Å²) in [5, 5.41) is 0. The molecule has 2 aromatic carbocycles. The summed E-state index contributed by atoms with van der Waals surface area (Å²) in [4.78, 5) is 10.9. The molecule has 0 fully saturated rings. The molecule has 0 atom stereocenters. The van der Waals surface area contributed by atoms with Crippen molar-refractivity contribution in [2.45, 2.75) is 13.3 Å². The zero-order chi connectivity index (χ0) is 15.5. The second-order valence-electron chi connectivity index (χ2n) is 4.20. The highest BCUT2D eigenvalue weighted by molar-refractivity contribution is 5.71. The van der Waals surface area contributed by atoms with Gasteiger partial charge in [-0.1, -0.05) is 24.3 Å². The average Bonchev–Trinajstić information content (AvgIpc) is 2.36. The number of ether oxygens (including phenoxy) is 2. The van der Waals surface area contributed by atoms with Crippen molar-refractivity contribution in [2.24, 2.45) is 0 Å². The third-order valence-corrected chi connectivity index (χ3v) is 2.50. The normalized spacial score (nSPS) is 11.0. The molecular formula is C15H11F3O3. The number of halogens is 3. The molecule has 2 aromatic rings. The van der Waals surface area contributed by atoms with Crippen molar-refractivity contribution in [3.63, 3.8) is 0 Å². The summed E-state index contributed by atoms with van der Waals surface area (Å²) in [6.07, 6.45) is -4.74. The summed E-state index contributed by atoms with van der Waals surface area (Å²) >= 11 is 0. The molecule has 0 spiro atoms. The van der Waals surface area contributed by atoms with Crippen molar-refractivity contribution < 1.29 is 27.4 Å².